The molecule has 0 fully saturated rings. The monoisotopic (exact) mass is 882 g/mol. The first kappa shape index (κ1) is 39.8. The first-order valence-corrected chi connectivity index (χ1v) is 24.0. The van der Waals surface area contributed by atoms with Crippen molar-refractivity contribution in [3.8, 4) is 78.4 Å². The third-order valence-electron chi connectivity index (χ3n) is 13.8. The molecule has 0 unspecified atom stereocenters. The highest BCUT2D eigenvalue weighted by Crippen LogP contribution is 2.59. The molecule has 10 aromatic carbocycles. The van der Waals surface area contributed by atoms with E-state index in [1.165, 1.54) is 70.2 Å². The molecule has 0 radical (unpaired) electrons. The summed E-state index contributed by atoms with van der Waals surface area (Å²) in [4.78, 5) is 10.7. The van der Waals surface area contributed by atoms with Gasteiger partial charge in [-0.15, -0.1) is 11.3 Å². The molecule has 3 heteroatoms. The molecule has 0 spiro atoms. The smallest absolute Gasteiger partial charge is 0.160 e. The molecule has 0 aliphatic heterocycles. The lowest BCUT2D eigenvalue weighted by molar-refractivity contribution is 0.770. The maximum absolute atomic E-state index is 5.41. The highest BCUT2D eigenvalue weighted by Gasteiger charge is 2.47. The number of rotatable bonds is 8. The van der Waals surface area contributed by atoms with Gasteiger partial charge in [-0.2, -0.15) is 0 Å². The third kappa shape index (κ3) is 6.54. The van der Waals surface area contributed by atoms with Crippen LogP contribution in [0.5, 0.6) is 0 Å². The number of nitrogens with zero attached hydrogens (tertiary/aromatic N) is 2. The number of benzene rings is 10. The summed E-state index contributed by atoms with van der Waals surface area (Å²) in [6.45, 7) is 0. The van der Waals surface area contributed by atoms with Gasteiger partial charge in [0.15, 0.2) is 5.82 Å². The van der Waals surface area contributed by atoms with E-state index in [1.54, 1.807) is 0 Å². The number of hydrogen-bond acceptors (Lipinski definition) is 3. The normalized spacial score (nSPS) is 12.5. The zero-order valence-corrected chi connectivity index (χ0v) is 37.9. The minimum Gasteiger partial charge on any atom is -0.228 e. The van der Waals surface area contributed by atoms with Gasteiger partial charge in [-0.1, -0.05) is 224 Å². The Bertz CT molecular complexity index is 3780. The van der Waals surface area contributed by atoms with Crippen LogP contribution in [-0.4, -0.2) is 9.97 Å². The van der Waals surface area contributed by atoms with Crippen molar-refractivity contribution in [1.82, 2.24) is 9.97 Å². The molecule has 0 saturated carbocycles. The first-order valence-electron chi connectivity index (χ1n) is 23.2. The van der Waals surface area contributed by atoms with E-state index in [1.807, 2.05) is 17.4 Å². The zero-order valence-electron chi connectivity index (χ0n) is 37.1. The van der Waals surface area contributed by atoms with E-state index >= 15 is 0 Å². The molecule has 0 N–H and O–H groups in total. The Morgan fingerprint density at radius 1 is 0.309 bits per heavy atom. The van der Waals surface area contributed by atoms with E-state index in [-0.39, 0.29) is 0 Å². The fourth-order valence-electron chi connectivity index (χ4n) is 10.7. The summed E-state index contributed by atoms with van der Waals surface area (Å²) < 4.78 is 2.62. The fourth-order valence-corrected chi connectivity index (χ4v) is 12.0. The molecule has 1 aliphatic carbocycles. The van der Waals surface area contributed by atoms with Crippen LogP contribution < -0.4 is 0 Å². The number of aromatic nitrogens is 2. The van der Waals surface area contributed by atoms with E-state index in [9.17, 15) is 0 Å². The van der Waals surface area contributed by atoms with E-state index in [0.29, 0.717) is 5.82 Å². The minimum absolute atomic E-state index is 0.564. The molecule has 2 nitrogen and oxygen atoms in total. The molecule has 12 aromatic rings. The van der Waals surface area contributed by atoms with Gasteiger partial charge < -0.3 is 0 Å². The van der Waals surface area contributed by atoms with Gasteiger partial charge in [0, 0.05) is 36.9 Å². The van der Waals surface area contributed by atoms with Gasteiger partial charge in [0.2, 0.25) is 0 Å². The van der Waals surface area contributed by atoms with Crippen molar-refractivity contribution in [3.05, 3.63) is 277 Å². The zero-order chi connectivity index (χ0) is 45.0. The van der Waals surface area contributed by atoms with Crippen molar-refractivity contribution in [3.63, 3.8) is 0 Å². The molecular formula is C65H42N2S. The van der Waals surface area contributed by atoms with Gasteiger partial charge >= 0.3 is 0 Å². The molecule has 2 heterocycles. The molecule has 0 atom stereocenters. The quantitative estimate of drug-likeness (QED) is 0.152. The van der Waals surface area contributed by atoms with Crippen LogP contribution in [0.2, 0.25) is 0 Å². The fraction of sp³-hybridized carbons (Fsp3) is 0.0154. The van der Waals surface area contributed by atoms with Crippen LogP contribution in [0, 0.1) is 0 Å². The van der Waals surface area contributed by atoms with Gasteiger partial charge in [-0.3, -0.25) is 0 Å². The Hall–Kier alpha value is -8.50. The lowest BCUT2D eigenvalue weighted by Crippen LogP contribution is -2.29. The van der Waals surface area contributed by atoms with Crippen molar-refractivity contribution in [2.45, 2.75) is 5.41 Å². The standard InChI is InChI=1S/C65H42N2S/c1-5-19-43(20-6-1)47-39-48(52-29-17-31-56-54-27-13-15-33-58(54)65(62(52)56,50-23-9-3-10-24-50)51-25-11-4-12-26-51)41-49(40-47)60-42-59(66-64(67-60)46-21-7-2-8-22-46)45-37-35-44(36-38-45)53-30-18-32-57-55-28-14-16-34-61(55)68-63(53)57/h1-42H. The maximum atomic E-state index is 5.41. The predicted molar refractivity (Wildman–Crippen MR) is 285 cm³/mol. The van der Waals surface area contributed by atoms with Crippen LogP contribution in [0.1, 0.15) is 22.3 Å². The maximum Gasteiger partial charge on any atom is 0.160 e. The van der Waals surface area contributed by atoms with Crippen LogP contribution in [0.4, 0.5) is 0 Å². The highest BCUT2D eigenvalue weighted by atomic mass is 32.1. The summed E-state index contributed by atoms with van der Waals surface area (Å²) in [6, 6.07) is 92.5. The summed E-state index contributed by atoms with van der Waals surface area (Å²) in [5.74, 6) is 0.687. The van der Waals surface area contributed by atoms with Crippen molar-refractivity contribution in [1.29, 1.82) is 0 Å². The van der Waals surface area contributed by atoms with Gasteiger partial charge in [0.05, 0.1) is 16.8 Å². The van der Waals surface area contributed by atoms with Crippen molar-refractivity contribution in [2.24, 2.45) is 0 Å². The van der Waals surface area contributed by atoms with Crippen LogP contribution in [0.25, 0.3) is 98.6 Å². The Kier molecular flexibility index (Phi) is 9.62. The largest absolute Gasteiger partial charge is 0.228 e. The Labute approximate surface area is 400 Å². The van der Waals surface area contributed by atoms with E-state index in [2.05, 4.69) is 249 Å². The third-order valence-corrected chi connectivity index (χ3v) is 15.0. The molecular weight excluding hydrogens is 841 g/mol. The molecule has 2 aromatic heterocycles. The van der Waals surface area contributed by atoms with E-state index < -0.39 is 5.41 Å². The average molecular weight is 883 g/mol. The van der Waals surface area contributed by atoms with Crippen LogP contribution >= 0.6 is 11.3 Å². The van der Waals surface area contributed by atoms with Crippen molar-refractivity contribution < 1.29 is 0 Å². The Morgan fingerprint density at radius 2 is 0.824 bits per heavy atom. The molecule has 13 rings (SSSR count). The second-order valence-electron chi connectivity index (χ2n) is 17.6. The molecule has 0 bridgehead atoms. The number of hydrogen-bond donors (Lipinski definition) is 0. The predicted octanol–water partition coefficient (Wildman–Crippen LogP) is 17.2. The molecule has 0 amide bonds. The molecule has 318 valence electrons. The van der Waals surface area contributed by atoms with E-state index in [0.717, 1.165) is 44.8 Å². The number of fused-ring (bicyclic) bond motifs is 6. The molecule has 0 saturated heterocycles. The lowest BCUT2D eigenvalue weighted by atomic mass is 9.66. The Morgan fingerprint density at radius 3 is 1.56 bits per heavy atom. The first-order chi connectivity index (χ1) is 33.7. The molecule has 68 heavy (non-hydrogen) atoms. The van der Waals surface area contributed by atoms with Gasteiger partial charge in [0.25, 0.3) is 0 Å². The minimum atomic E-state index is -0.564. The summed E-state index contributed by atoms with van der Waals surface area (Å²) in [6.07, 6.45) is 0. The van der Waals surface area contributed by atoms with Crippen molar-refractivity contribution in [2.75, 3.05) is 0 Å². The second-order valence-corrected chi connectivity index (χ2v) is 18.7. The summed E-state index contributed by atoms with van der Waals surface area (Å²) in [7, 11) is 0. The summed E-state index contributed by atoms with van der Waals surface area (Å²) >= 11 is 1.86. The topological polar surface area (TPSA) is 25.8 Å². The van der Waals surface area contributed by atoms with Crippen LogP contribution in [-0.2, 0) is 5.41 Å². The Balaban J connectivity index is 1.01. The van der Waals surface area contributed by atoms with Crippen LogP contribution in [0.3, 0.4) is 0 Å². The van der Waals surface area contributed by atoms with Gasteiger partial charge in [0.1, 0.15) is 0 Å². The summed E-state index contributed by atoms with van der Waals surface area (Å²) in [5, 5.41) is 2.61. The number of thiophene rings is 1. The summed E-state index contributed by atoms with van der Waals surface area (Å²) in [5.41, 5.74) is 18.8. The molecule has 1 aliphatic rings. The van der Waals surface area contributed by atoms with E-state index in [4.69, 9.17) is 9.97 Å². The lowest BCUT2D eigenvalue weighted by Gasteiger charge is -2.35. The average Bonchev–Trinajstić information content (AvgIpc) is 3.96. The van der Waals surface area contributed by atoms with Crippen LogP contribution in [0.15, 0.2) is 255 Å². The van der Waals surface area contributed by atoms with Gasteiger partial charge in [-0.05, 0) is 97.1 Å². The van der Waals surface area contributed by atoms with Crippen molar-refractivity contribution >= 4 is 31.5 Å². The highest BCUT2D eigenvalue weighted by molar-refractivity contribution is 7.26. The van der Waals surface area contributed by atoms with Gasteiger partial charge in [-0.25, -0.2) is 9.97 Å². The second kappa shape index (κ2) is 16.4. The SMILES string of the molecule is c1ccc(-c2cc(-c3cc(-c4ccc(-c5cccc6c5sc5ccccc56)cc4)nc(-c4ccccc4)n3)cc(-c3cccc4c3C(c3ccccc3)(c3ccccc3)c3ccccc3-4)c2)cc1.